The molecule has 2 aromatic heterocycles. The molecule has 1 aromatic carbocycles. The first-order valence-electron chi connectivity index (χ1n) is 9.97. The lowest BCUT2D eigenvalue weighted by Crippen LogP contribution is -2.48. The molecule has 2 aliphatic heterocycles. The van der Waals surface area contributed by atoms with Crippen LogP contribution in [0.3, 0.4) is 0 Å². The molecule has 1 saturated heterocycles. The summed E-state index contributed by atoms with van der Waals surface area (Å²) in [4.78, 5) is 19.0. The second kappa shape index (κ2) is 7.53. The summed E-state index contributed by atoms with van der Waals surface area (Å²) in [6.07, 6.45) is 3.26. The number of rotatable bonds is 3. The van der Waals surface area contributed by atoms with Gasteiger partial charge < -0.3 is 4.90 Å². The molecular weight excluding hydrogens is 368 g/mol. The van der Waals surface area contributed by atoms with Gasteiger partial charge in [-0.1, -0.05) is 30.3 Å². The molecule has 144 valence electrons. The van der Waals surface area contributed by atoms with Gasteiger partial charge >= 0.3 is 0 Å². The van der Waals surface area contributed by atoms with Crippen molar-refractivity contribution in [2.24, 2.45) is 0 Å². The highest BCUT2D eigenvalue weighted by Crippen LogP contribution is 2.28. The molecule has 0 saturated carbocycles. The molecule has 0 radical (unpaired) electrons. The van der Waals surface area contributed by atoms with Crippen LogP contribution >= 0.6 is 11.3 Å². The molecule has 0 aliphatic carbocycles. The normalized spacial score (nSPS) is 18.2. The number of hydrogen-bond acceptors (Lipinski definition) is 4. The van der Waals surface area contributed by atoms with Gasteiger partial charge in [0.05, 0.1) is 5.69 Å². The van der Waals surface area contributed by atoms with Crippen molar-refractivity contribution in [3.8, 4) is 11.3 Å². The van der Waals surface area contributed by atoms with E-state index in [2.05, 4.69) is 26.5 Å². The Morgan fingerprint density at radius 3 is 2.75 bits per heavy atom. The Morgan fingerprint density at radius 1 is 1.11 bits per heavy atom. The zero-order valence-corrected chi connectivity index (χ0v) is 16.6. The second-order valence-corrected chi connectivity index (χ2v) is 8.65. The number of likely N-dealkylation sites (tertiary alicyclic amines) is 1. The lowest BCUT2D eigenvalue weighted by atomic mass is 9.99. The van der Waals surface area contributed by atoms with E-state index in [1.165, 1.54) is 12.0 Å². The number of H-pyrrole nitrogens is 1. The number of fused-ring (bicyclic) bond motifs is 1. The van der Waals surface area contributed by atoms with Crippen molar-refractivity contribution in [3.05, 3.63) is 64.0 Å². The summed E-state index contributed by atoms with van der Waals surface area (Å²) >= 11 is 1.89. The van der Waals surface area contributed by atoms with Crippen LogP contribution in [-0.2, 0) is 13.0 Å². The minimum Gasteiger partial charge on any atom is -0.337 e. The summed E-state index contributed by atoms with van der Waals surface area (Å²) < 4.78 is 0. The van der Waals surface area contributed by atoms with Gasteiger partial charge in [-0.15, -0.1) is 11.3 Å². The van der Waals surface area contributed by atoms with Crippen molar-refractivity contribution in [2.45, 2.75) is 31.8 Å². The first kappa shape index (κ1) is 17.6. The highest BCUT2D eigenvalue weighted by Gasteiger charge is 2.30. The fraction of sp³-hybridized carbons (Fsp3) is 0.364. The molecule has 3 aromatic rings. The molecule has 5 nitrogen and oxygen atoms in total. The Morgan fingerprint density at radius 2 is 1.93 bits per heavy atom. The van der Waals surface area contributed by atoms with Gasteiger partial charge in [-0.25, -0.2) is 0 Å². The topological polar surface area (TPSA) is 52.2 Å². The van der Waals surface area contributed by atoms with E-state index in [-0.39, 0.29) is 5.91 Å². The molecule has 1 N–H and O–H groups in total. The van der Waals surface area contributed by atoms with Crippen molar-refractivity contribution in [1.82, 2.24) is 20.0 Å². The molecule has 1 amide bonds. The molecule has 0 bridgehead atoms. The largest absolute Gasteiger partial charge is 0.337 e. The van der Waals surface area contributed by atoms with Crippen LogP contribution in [0.15, 0.2) is 47.8 Å². The summed E-state index contributed by atoms with van der Waals surface area (Å²) in [5, 5.41) is 9.47. The van der Waals surface area contributed by atoms with E-state index < -0.39 is 0 Å². The predicted molar refractivity (Wildman–Crippen MR) is 111 cm³/mol. The van der Waals surface area contributed by atoms with Crippen molar-refractivity contribution >= 4 is 17.2 Å². The predicted octanol–water partition coefficient (Wildman–Crippen LogP) is 3.80. The second-order valence-electron chi connectivity index (χ2n) is 7.65. The third kappa shape index (κ3) is 3.38. The highest BCUT2D eigenvalue weighted by atomic mass is 32.1. The standard InChI is InChI=1S/C22H24N4OS/c27-22(20-14-19(23-24-20)16-4-2-1-3-5-16)25-10-6-18(7-11-25)26-12-8-21-17(15-26)9-13-28-21/h1-5,9,13-14,18H,6-8,10-12,15H2,(H,23,24). The zero-order chi connectivity index (χ0) is 18.9. The SMILES string of the molecule is O=C(c1cc(-c2ccccc2)n[nH]1)N1CCC(N2CCc3sccc3C2)CC1. The third-order valence-corrected chi connectivity index (χ3v) is 7.01. The average Bonchev–Trinajstić information content (AvgIpc) is 3.43. The van der Waals surface area contributed by atoms with E-state index in [1.807, 2.05) is 52.6 Å². The number of piperidine rings is 1. The van der Waals surface area contributed by atoms with Gasteiger partial charge in [0.15, 0.2) is 0 Å². The fourth-order valence-corrected chi connectivity index (χ4v) is 5.26. The summed E-state index contributed by atoms with van der Waals surface area (Å²) in [5.74, 6) is 0.0619. The van der Waals surface area contributed by atoms with Crippen molar-refractivity contribution < 1.29 is 4.79 Å². The van der Waals surface area contributed by atoms with Gasteiger partial charge in [-0.3, -0.25) is 14.8 Å². The summed E-state index contributed by atoms with van der Waals surface area (Å²) in [5.41, 5.74) is 3.92. The van der Waals surface area contributed by atoms with E-state index in [0.29, 0.717) is 11.7 Å². The van der Waals surface area contributed by atoms with E-state index in [4.69, 9.17) is 0 Å². The number of nitrogens with one attached hydrogen (secondary N) is 1. The molecule has 1 fully saturated rings. The molecule has 4 heterocycles. The van der Waals surface area contributed by atoms with Crippen molar-refractivity contribution in [1.29, 1.82) is 0 Å². The molecule has 0 spiro atoms. The van der Waals surface area contributed by atoms with Crippen LogP contribution in [0.4, 0.5) is 0 Å². The van der Waals surface area contributed by atoms with Crippen LogP contribution in [-0.4, -0.2) is 51.6 Å². The third-order valence-electron chi connectivity index (χ3n) is 5.98. The summed E-state index contributed by atoms with van der Waals surface area (Å²) in [7, 11) is 0. The number of amides is 1. The van der Waals surface area contributed by atoms with Crippen LogP contribution < -0.4 is 0 Å². The minimum absolute atomic E-state index is 0.0619. The molecule has 5 rings (SSSR count). The smallest absolute Gasteiger partial charge is 0.271 e. The van der Waals surface area contributed by atoms with Crippen LogP contribution in [0, 0.1) is 0 Å². The fourth-order valence-electron chi connectivity index (χ4n) is 4.37. The first-order valence-corrected chi connectivity index (χ1v) is 10.9. The Kier molecular flexibility index (Phi) is 4.74. The summed E-state index contributed by atoms with van der Waals surface area (Å²) in [6, 6.07) is 14.7. The van der Waals surface area contributed by atoms with E-state index in [0.717, 1.165) is 50.3 Å². The molecular formula is C22H24N4OS. The van der Waals surface area contributed by atoms with Crippen molar-refractivity contribution in [3.63, 3.8) is 0 Å². The number of aromatic amines is 1. The van der Waals surface area contributed by atoms with Crippen LogP contribution in [0.5, 0.6) is 0 Å². The number of aromatic nitrogens is 2. The molecule has 6 heteroatoms. The Hall–Kier alpha value is -2.44. The van der Waals surface area contributed by atoms with Crippen LogP contribution in [0.2, 0.25) is 0 Å². The van der Waals surface area contributed by atoms with Gasteiger partial charge in [-0.05, 0) is 42.3 Å². The van der Waals surface area contributed by atoms with E-state index >= 15 is 0 Å². The zero-order valence-electron chi connectivity index (χ0n) is 15.8. The maximum absolute atomic E-state index is 12.9. The Labute approximate surface area is 169 Å². The summed E-state index contributed by atoms with van der Waals surface area (Å²) in [6.45, 7) is 3.85. The number of hydrogen-bond donors (Lipinski definition) is 1. The molecule has 28 heavy (non-hydrogen) atoms. The van der Waals surface area contributed by atoms with E-state index in [9.17, 15) is 4.79 Å². The Bertz CT molecular complexity index is 956. The highest BCUT2D eigenvalue weighted by molar-refractivity contribution is 7.10. The minimum atomic E-state index is 0.0619. The number of carbonyl (C=O) groups is 1. The molecule has 0 atom stereocenters. The van der Waals surface area contributed by atoms with Gasteiger partial charge in [0.2, 0.25) is 0 Å². The van der Waals surface area contributed by atoms with Gasteiger partial charge in [0.25, 0.3) is 5.91 Å². The Balaban J connectivity index is 1.20. The quantitative estimate of drug-likeness (QED) is 0.738. The van der Waals surface area contributed by atoms with Crippen LogP contribution in [0.25, 0.3) is 11.3 Å². The number of benzene rings is 1. The first-order chi connectivity index (χ1) is 13.8. The maximum atomic E-state index is 12.9. The van der Waals surface area contributed by atoms with Gasteiger partial charge in [-0.2, -0.15) is 5.10 Å². The number of carbonyl (C=O) groups excluding carboxylic acids is 1. The average molecular weight is 393 g/mol. The van der Waals surface area contributed by atoms with Crippen molar-refractivity contribution in [2.75, 3.05) is 19.6 Å². The lowest BCUT2D eigenvalue weighted by molar-refractivity contribution is 0.0595. The molecule has 2 aliphatic rings. The van der Waals surface area contributed by atoms with Gasteiger partial charge in [0, 0.05) is 42.7 Å². The maximum Gasteiger partial charge on any atom is 0.271 e. The lowest BCUT2D eigenvalue weighted by Gasteiger charge is -2.40. The van der Waals surface area contributed by atoms with Gasteiger partial charge in [0.1, 0.15) is 5.69 Å². The number of thiophene rings is 1. The molecule has 0 unspecified atom stereocenters. The monoisotopic (exact) mass is 392 g/mol. The van der Waals surface area contributed by atoms with E-state index in [1.54, 1.807) is 4.88 Å². The number of nitrogens with zero attached hydrogens (tertiary/aromatic N) is 3. The van der Waals surface area contributed by atoms with Crippen LogP contribution in [0.1, 0.15) is 33.8 Å².